The topological polar surface area (TPSA) is 29.5 Å². The average Bonchev–Trinajstić information content (AvgIpc) is 2.87. The molecule has 0 aliphatic carbocycles. The van der Waals surface area contributed by atoms with Gasteiger partial charge in [-0.3, -0.25) is 9.69 Å². The molecule has 1 unspecified atom stereocenters. The Morgan fingerprint density at radius 1 is 1.17 bits per heavy atom. The normalized spacial score (nSPS) is 24.0. The molecule has 1 aromatic carbocycles. The summed E-state index contributed by atoms with van der Waals surface area (Å²) in [6.07, 6.45) is 7.55. The van der Waals surface area contributed by atoms with Crippen LogP contribution >= 0.6 is 0 Å². The van der Waals surface area contributed by atoms with Gasteiger partial charge >= 0.3 is 5.97 Å². The highest BCUT2D eigenvalue weighted by Gasteiger charge is 2.47. The number of carbonyl (C=O) groups excluding carboxylic acids is 1. The van der Waals surface area contributed by atoms with Gasteiger partial charge in [0.15, 0.2) is 0 Å². The molecule has 0 radical (unpaired) electrons. The standard InChI is InChI=1S/C20H29NO2/c1-2-3-5-10-18-15-20(23-19(18)22)11-13-21(14-12-20)16-17-8-6-4-7-9-17/h4,6-9,18H,2-3,5,10-16H2,1H3. The third-order valence-electron chi connectivity index (χ3n) is 5.44. The lowest BCUT2D eigenvalue weighted by Gasteiger charge is -2.38. The number of esters is 1. The molecule has 2 aliphatic rings. The smallest absolute Gasteiger partial charge is 0.309 e. The summed E-state index contributed by atoms with van der Waals surface area (Å²) in [6.45, 7) is 5.27. The van der Waals surface area contributed by atoms with E-state index in [1.165, 1.54) is 18.4 Å². The van der Waals surface area contributed by atoms with Gasteiger partial charge in [-0.2, -0.15) is 0 Å². The summed E-state index contributed by atoms with van der Waals surface area (Å²) in [5.41, 5.74) is 1.21. The van der Waals surface area contributed by atoms with E-state index in [1.807, 2.05) is 0 Å². The molecule has 23 heavy (non-hydrogen) atoms. The Morgan fingerprint density at radius 2 is 1.91 bits per heavy atom. The second kappa shape index (κ2) is 7.48. The van der Waals surface area contributed by atoms with Gasteiger partial charge in [-0.05, 0) is 12.0 Å². The molecule has 0 bridgehead atoms. The van der Waals surface area contributed by atoms with E-state index < -0.39 is 0 Å². The molecule has 3 nitrogen and oxygen atoms in total. The first-order chi connectivity index (χ1) is 11.2. The van der Waals surface area contributed by atoms with Crippen molar-refractivity contribution < 1.29 is 9.53 Å². The monoisotopic (exact) mass is 315 g/mol. The summed E-state index contributed by atoms with van der Waals surface area (Å²) < 4.78 is 5.87. The number of likely N-dealkylation sites (tertiary alicyclic amines) is 1. The Balaban J connectivity index is 1.49. The van der Waals surface area contributed by atoms with Gasteiger partial charge in [0, 0.05) is 38.9 Å². The molecule has 1 atom stereocenters. The van der Waals surface area contributed by atoms with Crippen molar-refractivity contribution in [2.24, 2.45) is 5.92 Å². The van der Waals surface area contributed by atoms with Crippen LogP contribution in [0.5, 0.6) is 0 Å². The van der Waals surface area contributed by atoms with Crippen LogP contribution < -0.4 is 0 Å². The van der Waals surface area contributed by atoms with Gasteiger partial charge in [0.05, 0.1) is 5.92 Å². The molecule has 1 aromatic rings. The maximum absolute atomic E-state index is 12.2. The number of rotatable bonds is 6. The number of carbonyl (C=O) groups is 1. The van der Waals surface area contributed by atoms with E-state index in [4.69, 9.17) is 4.74 Å². The van der Waals surface area contributed by atoms with E-state index in [2.05, 4.69) is 42.2 Å². The summed E-state index contributed by atoms with van der Waals surface area (Å²) in [5.74, 6) is 0.222. The summed E-state index contributed by atoms with van der Waals surface area (Å²) in [6, 6.07) is 10.6. The van der Waals surface area contributed by atoms with Crippen LogP contribution in [0.15, 0.2) is 30.3 Å². The average molecular weight is 315 g/mol. The maximum Gasteiger partial charge on any atom is 0.309 e. The van der Waals surface area contributed by atoms with E-state index in [1.54, 1.807) is 0 Å². The van der Waals surface area contributed by atoms with Crippen LogP contribution in [0.3, 0.4) is 0 Å². The van der Waals surface area contributed by atoms with Gasteiger partial charge in [-0.25, -0.2) is 0 Å². The zero-order valence-corrected chi connectivity index (χ0v) is 14.3. The quantitative estimate of drug-likeness (QED) is 0.583. The van der Waals surface area contributed by atoms with E-state index in [-0.39, 0.29) is 17.5 Å². The van der Waals surface area contributed by atoms with E-state index in [0.717, 1.165) is 51.7 Å². The Hall–Kier alpha value is -1.35. The summed E-state index contributed by atoms with van der Waals surface area (Å²) in [7, 11) is 0. The Morgan fingerprint density at radius 3 is 2.61 bits per heavy atom. The number of nitrogens with zero attached hydrogens (tertiary/aromatic N) is 1. The number of hydrogen-bond acceptors (Lipinski definition) is 3. The highest BCUT2D eigenvalue weighted by atomic mass is 16.6. The molecule has 0 amide bonds. The predicted octanol–water partition coefficient (Wildman–Crippen LogP) is 4.16. The van der Waals surface area contributed by atoms with Crippen LogP contribution in [0.1, 0.15) is 57.4 Å². The summed E-state index contributed by atoms with van der Waals surface area (Å²) in [5, 5.41) is 0. The molecule has 1 spiro atoms. The van der Waals surface area contributed by atoms with Crippen LogP contribution in [0.4, 0.5) is 0 Å². The molecule has 0 aromatic heterocycles. The fraction of sp³-hybridized carbons (Fsp3) is 0.650. The summed E-state index contributed by atoms with van der Waals surface area (Å²) in [4.78, 5) is 14.7. The van der Waals surface area contributed by atoms with Crippen molar-refractivity contribution in [2.75, 3.05) is 13.1 Å². The van der Waals surface area contributed by atoms with Crippen molar-refractivity contribution in [1.29, 1.82) is 0 Å². The number of ether oxygens (including phenoxy) is 1. The molecule has 0 saturated carbocycles. The Labute approximate surface area is 140 Å². The van der Waals surface area contributed by atoms with Gasteiger partial charge in [-0.15, -0.1) is 0 Å². The second-order valence-electron chi connectivity index (χ2n) is 7.26. The van der Waals surface area contributed by atoms with Gasteiger partial charge in [-0.1, -0.05) is 56.5 Å². The zero-order valence-electron chi connectivity index (χ0n) is 14.3. The molecular formula is C20H29NO2. The first-order valence-corrected chi connectivity index (χ1v) is 9.20. The minimum absolute atomic E-state index is 0.0672. The minimum atomic E-state index is -0.152. The number of piperidine rings is 1. The third kappa shape index (κ3) is 4.14. The highest BCUT2D eigenvalue weighted by Crippen LogP contribution is 2.41. The number of unbranched alkanes of at least 4 members (excludes halogenated alkanes) is 2. The largest absolute Gasteiger partial charge is 0.459 e. The van der Waals surface area contributed by atoms with Gasteiger partial charge in [0.25, 0.3) is 0 Å². The van der Waals surface area contributed by atoms with Gasteiger partial charge < -0.3 is 4.74 Å². The van der Waals surface area contributed by atoms with Crippen LogP contribution in [0.25, 0.3) is 0 Å². The van der Waals surface area contributed by atoms with E-state index >= 15 is 0 Å². The van der Waals surface area contributed by atoms with E-state index in [9.17, 15) is 4.79 Å². The molecule has 0 N–H and O–H groups in total. The SMILES string of the molecule is CCCCCC1CC2(CCN(Cc3ccccc3)CC2)OC1=O. The molecule has 3 rings (SSSR count). The Kier molecular flexibility index (Phi) is 5.37. The molecule has 2 saturated heterocycles. The van der Waals surface area contributed by atoms with Crippen molar-refractivity contribution in [2.45, 2.75) is 64.0 Å². The minimum Gasteiger partial charge on any atom is -0.459 e. The maximum atomic E-state index is 12.2. The van der Waals surface area contributed by atoms with Crippen molar-refractivity contribution in [3.63, 3.8) is 0 Å². The first-order valence-electron chi connectivity index (χ1n) is 9.20. The second-order valence-corrected chi connectivity index (χ2v) is 7.26. The summed E-state index contributed by atoms with van der Waals surface area (Å²) >= 11 is 0. The zero-order chi connectivity index (χ0) is 16.1. The lowest BCUT2D eigenvalue weighted by molar-refractivity contribution is -0.154. The highest BCUT2D eigenvalue weighted by molar-refractivity contribution is 5.75. The van der Waals surface area contributed by atoms with Gasteiger partial charge in [0.1, 0.15) is 5.60 Å². The fourth-order valence-corrected chi connectivity index (χ4v) is 4.00. The lowest BCUT2D eigenvalue weighted by Crippen LogP contribution is -2.43. The number of hydrogen-bond donors (Lipinski definition) is 0. The first kappa shape index (κ1) is 16.5. The Bertz CT molecular complexity index is 506. The van der Waals surface area contributed by atoms with Crippen molar-refractivity contribution >= 4 is 5.97 Å². The van der Waals surface area contributed by atoms with Crippen molar-refractivity contribution in [3.8, 4) is 0 Å². The molecule has 3 heteroatoms. The van der Waals surface area contributed by atoms with Crippen LogP contribution in [-0.4, -0.2) is 29.6 Å². The van der Waals surface area contributed by atoms with Crippen molar-refractivity contribution in [1.82, 2.24) is 4.90 Å². The predicted molar refractivity (Wildman–Crippen MR) is 92.0 cm³/mol. The third-order valence-corrected chi connectivity index (χ3v) is 5.44. The molecule has 2 aliphatic heterocycles. The molecule has 2 heterocycles. The fourth-order valence-electron chi connectivity index (χ4n) is 4.00. The number of benzene rings is 1. The van der Waals surface area contributed by atoms with Crippen LogP contribution in [0.2, 0.25) is 0 Å². The lowest BCUT2D eigenvalue weighted by atomic mass is 9.83. The van der Waals surface area contributed by atoms with Crippen LogP contribution in [0, 0.1) is 5.92 Å². The molecule has 126 valence electrons. The van der Waals surface area contributed by atoms with Crippen LogP contribution in [-0.2, 0) is 16.1 Å². The molecule has 2 fully saturated rings. The van der Waals surface area contributed by atoms with Gasteiger partial charge in [0.2, 0.25) is 0 Å². The van der Waals surface area contributed by atoms with Crippen molar-refractivity contribution in [3.05, 3.63) is 35.9 Å². The molecular weight excluding hydrogens is 286 g/mol. The van der Waals surface area contributed by atoms with E-state index in [0.29, 0.717) is 0 Å².